The number of benzene rings is 4. The molecule has 0 spiro atoms. The first-order valence-corrected chi connectivity index (χ1v) is 9.83. The molecule has 0 aliphatic rings. The van der Waals surface area contributed by atoms with Crippen molar-refractivity contribution < 1.29 is 9.53 Å². The van der Waals surface area contributed by atoms with Crippen molar-refractivity contribution in [3.05, 3.63) is 137 Å². The molecule has 0 saturated heterocycles. The third-order valence-corrected chi connectivity index (χ3v) is 4.44. The molecule has 31 heavy (non-hydrogen) atoms. The average Bonchev–Trinajstić information content (AvgIpc) is 2.84. The fraction of sp³-hybridized carbons (Fsp3) is 0. The highest BCUT2D eigenvalue weighted by Gasteiger charge is 2.07. The molecule has 4 aromatic rings. The van der Waals surface area contributed by atoms with E-state index in [4.69, 9.17) is 4.74 Å². The van der Waals surface area contributed by atoms with Gasteiger partial charge in [0.15, 0.2) is 0 Å². The number of carbonyl (C=O) groups excluding carboxylic acids is 1. The molecule has 4 rings (SSSR count). The maximum absolute atomic E-state index is 12.2. The minimum absolute atomic E-state index is 0.391. The van der Waals surface area contributed by atoms with Crippen LogP contribution < -0.4 is 4.74 Å². The van der Waals surface area contributed by atoms with Crippen molar-refractivity contribution in [3.8, 4) is 29.4 Å². The lowest BCUT2D eigenvalue weighted by atomic mass is 10.1. The molecular formula is C29H18O2. The van der Waals surface area contributed by atoms with Gasteiger partial charge in [-0.1, -0.05) is 60.1 Å². The van der Waals surface area contributed by atoms with Gasteiger partial charge in [0.25, 0.3) is 0 Å². The van der Waals surface area contributed by atoms with Crippen LogP contribution in [0.15, 0.2) is 109 Å². The Morgan fingerprint density at radius 2 is 0.871 bits per heavy atom. The number of ether oxygens (including phenoxy) is 1. The lowest BCUT2D eigenvalue weighted by Crippen LogP contribution is -2.08. The average molecular weight is 398 g/mol. The van der Waals surface area contributed by atoms with Crippen molar-refractivity contribution in [3.63, 3.8) is 0 Å². The highest BCUT2D eigenvalue weighted by molar-refractivity contribution is 5.91. The molecule has 0 saturated carbocycles. The molecule has 4 aromatic carbocycles. The Hall–Kier alpha value is -4.53. The quantitative estimate of drug-likeness (QED) is 0.246. The van der Waals surface area contributed by atoms with Gasteiger partial charge in [-0.25, -0.2) is 4.79 Å². The fourth-order valence-electron chi connectivity index (χ4n) is 2.79. The largest absolute Gasteiger partial charge is 0.423 e. The maximum Gasteiger partial charge on any atom is 0.343 e. The monoisotopic (exact) mass is 398 g/mol. The molecule has 0 aromatic heterocycles. The van der Waals surface area contributed by atoms with E-state index in [1.807, 2.05) is 84.9 Å². The van der Waals surface area contributed by atoms with Gasteiger partial charge in [0.1, 0.15) is 5.75 Å². The second-order valence-corrected chi connectivity index (χ2v) is 6.72. The van der Waals surface area contributed by atoms with Gasteiger partial charge >= 0.3 is 5.97 Å². The summed E-state index contributed by atoms with van der Waals surface area (Å²) in [6.07, 6.45) is 0. The molecule has 0 radical (unpaired) electrons. The Bertz CT molecular complexity index is 1280. The van der Waals surface area contributed by atoms with Crippen molar-refractivity contribution in [1.82, 2.24) is 0 Å². The van der Waals surface area contributed by atoms with E-state index in [2.05, 4.69) is 23.7 Å². The topological polar surface area (TPSA) is 26.3 Å². The van der Waals surface area contributed by atoms with Crippen LogP contribution in [-0.4, -0.2) is 5.97 Å². The van der Waals surface area contributed by atoms with Gasteiger partial charge in [-0.05, 0) is 72.8 Å². The van der Waals surface area contributed by atoms with Gasteiger partial charge in [0, 0.05) is 22.3 Å². The predicted octanol–water partition coefficient (Wildman–Crippen LogP) is 5.71. The molecule has 2 nitrogen and oxygen atoms in total. The first kappa shape index (κ1) is 19.8. The minimum atomic E-state index is -0.391. The molecule has 0 aliphatic heterocycles. The van der Waals surface area contributed by atoms with Crippen LogP contribution in [0.25, 0.3) is 0 Å². The van der Waals surface area contributed by atoms with Crippen LogP contribution in [0, 0.1) is 23.7 Å². The number of hydrogen-bond donors (Lipinski definition) is 0. The summed E-state index contributed by atoms with van der Waals surface area (Å²) >= 11 is 0. The zero-order valence-electron chi connectivity index (χ0n) is 16.7. The Balaban J connectivity index is 1.39. The van der Waals surface area contributed by atoms with Gasteiger partial charge in [0.05, 0.1) is 5.56 Å². The first-order chi connectivity index (χ1) is 15.3. The molecular weight excluding hydrogens is 380 g/mol. The van der Waals surface area contributed by atoms with E-state index in [1.54, 1.807) is 24.3 Å². The predicted molar refractivity (Wildman–Crippen MR) is 123 cm³/mol. The zero-order valence-corrected chi connectivity index (χ0v) is 16.7. The van der Waals surface area contributed by atoms with E-state index in [-0.39, 0.29) is 0 Å². The summed E-state index contributed by atoms with van der Waals surface area (Å²) in [6.45, 7) is 0. The molecule has 0 fully saturated rings. The number of esters is 1. The van der Waals surface area contributed by atoms with E-state index in [1.165, 1.54) is 0 Å². The van der Waals surface area contributed by atoms with Crippen LogP contribution in [0.1, 0.15) is 32.6 Å². The van der Waals surface area contributed by atoms with Crippen LogP contribution >= 0.6 is 0 Å². The summed E-state index contributed by atoms with van der Waals surface area (Å²) in [4.78, 5) is 12.2. The normalized spacial score (nSPS) is 9.55. The van der Waals surface area contributed by atoms with Gasteiger partial charge < -0.3 is 4.74 Å². The first-order valence-electron chi connectivity index (χ1n) is 9.83. The highest BCUT2D eigenvalue weighted by atomic mass is 16.5. The highest BCUT2D eigenvalue weighted by Crippen LogP contribution is 2.12. The van der Waals surface area contributed by atoms with Crippen molar-refractivity contribution in [1.29, 1.82) is 0 Å². The second-order valence-electron chi connectivity index (χ2n) is 6.72. The third-order valence-electron chi connectivity index (χ3n) is 4.44. The van der Waals surface area contributed by atoms with Crippen molar-refractivity contribution in [2.75, 3.05) is 0 Å². The number of rotatable bonds is 2. The van der Waals surface area contributed by atoms with E-state index in [9.17, 15) is 4.79 Å². The SMILES string of the molecule is O=C(Oc1ccccc1)c1ccc(C#Cc2ccc(C#Cc3ccccc3)cc2)cc1. The van der Waals surface area contributed by atoms with E-state index >= 15 is 0 Å². The molecule has 0 unspecified atom stereocenters. The van der Waals surface area contributed by atoms with Gasteiger partial charge in [-0.15, -0.1) is 0 Å². The fourth-order valence-corrected chi connectivity index (χ4v) is 2.79. The van der Waals surface area contributed by atoms with E-state index in [0.29, 0.717) is 11.3 Å². The number of carbonyl (C=O) groups is 1. The van der Waals surface area contributed by atoms with Crippen LogP contribution in [0.2, 0.25) is 0 Å². The maximum atomic E-state index is 12.2. The Morgan fingerprint density at radius 1 is 0.484 bits per heavy atom. The smallest absolute Gasteiger partial charge is 0.343 e. The molecule has 2 heteroatoms. The summed E-state index contributed by atoms with van der Waals surface area (Å²) in [5.41, 5.74) is 4.14. The van der Waals surface area contributed by atoms with Gasteiger partial charge in [0.2, 0.25) is 0 Å². The Labute approximate surface area is 182 Å². The minimum Gasteiger partial charge on any atom is -0.423 e. The summed E-state index contributed by atoms with van der Waals surface area (Å²) in [6, 6.07) is 33.8. The molecule has 0 aliphatic carbocycles. The van der Waals surface area contributed by atoms with E-state index in [0.717, 1.165) is 22.3 Å². The van der Waals surface area contributed by atoms with Gasteiger partial charge in [-0.3, -0.25) is 0 Å². The zero-order chi connectivity index (χ0) is 21.3. The number of para-hydroxylation sites is 1. The molecule has 146 valence electrons. The standard InChI is InChI=1S/C29H18O2/c30-29(31-28-9-5-2-6-10-28)27-21-19-26(20-22-27)18-17-25-15-13-24(14-16-25)12-11-23-7-3-1-4-8-23/h1-10,13-16,19-22H. The Kier molecular flexibility index (Phi) is 6.24. The van der Waals surface area contributed by atoms with Crippen LogP contribution in [0.5, 0.6) is 5.75 Å². The van der Waals surface area contributed by atoms with Crippen molar-refractivity contribution >= 4 is 5.97 Å². The molecule has 0 N–H and O–H groups in total. The third kappa shape index (κ3) is 5.73. The van der Waals surface area contributed by atoms with Crippen LogP contribution in [0.4, 0.5) is 0 Å². The lowest BCUT2D eigenvalue weighted by molar-refractivity contribution is 0.0735. The molecule has 0 bridgehead atoms. The summed E-state index contributed by atoms with van der Waals surface area (Å²) < 4.78 is 5.34. The van der Waals surface area contributed by atoms with Crippen LogP contribution in [-0.2, 0) is 0 Å². The van der Waals surface area contributed by atoms with Crippen molar-refractivity contribution in [2.24, 2.45) is 0 Å². The molecule has 0 amide bonds. The second kappa shape index (κ2) is 9.79. The van der Waals surface area contributed by atoms with Crippen molar-refractivity contribution in [2.45, 2.75) is 0 Å². The summed E-state index contributed by atoms with van der Waals surface area (Å²) in [5.74, 6) is 12.7. The molecule has 0 atom stereocenters. The summed E-state index contributed by atoms with van der Waals surface area (Å²) in [5, 5.41) is 0. The van der Waals surface area contributed by atoms with E-state index < -0.39 is 5.97 Å². The summed E-state index contributed by atoms with van der Waals surface area (Å²) in [7, 11) is 0. The Morgan fingerprint density at radius 3 is 1.35 bits per heavy atom. The molecule has 0 heterocycles. The van der Waals surface area contributed by atoms with Crippen LogP contribution in [0.3, 0.4) is 0 Å². The van der Waals surface area contributed by atoms with Gasteiger partial charge in [-0.2, -0.15) is 0 Å². The lowest BCUT2D eigenvalue weighted by Gasteiger charge is -2.03. The number of hydrogen-bond acceptors (Lipinski definition) is 2.